The normalized spacial score (nSPS) is 11.3. The molecule has 0 saturated carbocycles. The molecule has 0 aliphatic rings. The Bertz CT molecular complexity index is 394. The molecule has 0 heterocycles. The number of aryl methyl sites for hydroxylation is 1. The van der Waals surface area contributed by atoms with Crippen LogP contribution in [0.5, 0.6) is 0 Å². The van der Waals surface area contributed by atoms with Crippen LogP contribution in [0.3, 0.4) is 0 Å². The van der Waals surface area contributed by atoms with Crippen molar-refractivity contribution in [3.63, 3.8) is 0 Å². The van der Waals surface area contributed by atoms with Crippen LogP contribution in [-0.4, -0.2) is 19.0 Å². The van der Waals surface area contributed by atoms with E-state index in [4.69, 9.17) is 0 Å². The van der Waals surface area contributed by atoms with Gasteiger partial charge in [0.15, 0.2) is 0 Å². The first kappa shape index (κ1) is 14.7. The summed E-state index contributed by atoms with van der Waals surface area (Å²) in [6.45, 7) is 9.81. The van der Waals surface area contributed by atoms with Gasteiger partial charge in [-0.25, -0.2) is 0 Å². The first-order valence-electron chi connectivity index (χ1n) is 6.45. The maximum absolute atomic E-state index is 11.7. The van der Waals surface area contributed by atoms with Gasteiger partial charge in [0.05, 0.1) is 6.54 Å². The molecule has 100 valence electrons. The average Bonchev–Trinajstić information content (AvgIpc) is 2.26. The minimum atomic E-state index is 0.0122. The quantitative estimate of drug-likeness (QED) is 0.787. The fourth-order valence-corrected chi connectivity index (χ4v) is 1.57. The Morgan fingerprint density at radius 3 is 2.50 bits per heavy atom. The molecule has 1 aromatic carbocycles. The molecule has 0 bridgehead atoms. The lowest BCUT2D eigenvalue weighted by atomic mass is 9.92. The van der Waals surface area contributed by atoms with Crippen molar-refractivity contribution in [3.05, 3.63) is 29.8 Å². The van der Waals surface area contributed by atoms with Crippen molar-refractivity contribution in [2.75, 3.05) is 18.4 Å². The van der Waals surface area contributed by atoms with Crippen molar-refractivity contribution in [3.8, 4) is 0 Å². The summed E-state index contributed by atoms with van der Waals surface area (Å²) < 4.78 is 0. The Balaban J connectivity index is 2.29. The lowest BCUT2D eigenvalue weighted by molar-refractivity contribution is -0.115. The summed E-state index contributed by atoms with van der Waals surface area (Å²) in [6.07, 6.45) is 1.06. The van der Waals surface area contributed by atoms with Crippen LogP contribution in [0.15, 0.2) is 24.3 Å². The van der Waals surface area contributed by atoms with Gasteiger partial charge in [-0.1, -0.05) is 39.0 Å². The molecule has 3 heteroatoms. The zero-order chi connectivity index (χ0) is 13.6. The van der Waals surface area contributed by atoms with Crippen molar-refractivity contribution in [2.24, 2.45) is 5.41 Å². The van der Waals surface area contributed by atoms with E-state index in [1.807, 2.05) is 31.2 Å². The summed E-state index contributed by atoms with van der Waals surface area (Å²) in [5.74, 6) is 0.0122. The highest BCUT2D eigenvalue weighted by atomic mass is 16.1. The Kier molecular flexibility index (Phi) is 5.35. The monoisotopic (exact) mass is 248 g/mol. The van der Waals surface area contributed by atoms with Crippen LogP contribution < -0.4 is 10.6 Å². The van der Waals surface area contributed by atoms with E-state index in [2.05, 4.69) is 31.4 Å². The number of para-hydroxylation sites is 1. The average molecular weight is 248 g/mol. The topological polar surface area (TPSA) is 41.1 Å². The van der Waals surface area contributed by atoms with Crippen LogP contribution in [0.1, 0.15) is 32.8 Å². The second-order valence-corrected chi connectivity index (χ2v) is 5.85. The first-order valence-corrected chi connectivity index (χ1v) is 6.45. The molecule has 18 heavy (non-hydrogen) atoms. The summed E-state index contributed by atoms with van der Waals surface area (Å²) >= 11 is 0. The Hall–Kier alpha value is -1.35. The molecule has 0 aromatic heterocycles. The lowest BCUT2D eigenvalue weighted by Gasteiger charge is -2.18. The zero-order valence-corrected chi connectivity index (χ0v) is 11.8. The predicted molar refractivity (Wildman–Crippen MR) is 76.8 cm³/mol. The van der Waals surface area contributed by atoms with Gasteiger partial charge in [-0.2, -0.15) is 0 Å². The highest BCUT2D eigenvalue weighted by Crippen LogP contribution is 2.16. The molecule has 2 N–H and O–H groups in total. The molecule has 0 spiro atoms. The van der Waals surface area contributed by atoms with Crippen LogP contribution >= 0.6 is 0 Å². The van der Waals surface area contributed by atoms with E-state index in [-0.39, 0.29) is 5.91 Å². The van der Waals surface area contributed by atoms with Crippen LogP contribution in [0, 0.1) is 12.3 Å². The number of carbonyl (C=O) groups excluding carboxylic acids is 1. The van der Waals surface area contributed by atoms with Crippen LogP contribution in [-0.2, 0) is 4.79 Å². The molecule has 0 atom stereocenters. The van der Waals surface area contributed by atoms with Gasteiger partial charge in [-0.05, 0) is 36.9 Å². The molecule has 0 radical (unpaired) electrons. The van der Waals surface area contributed by atoms with Crippen molar-refractivity contribution in [2.45, 2.75) is 34.1 Å². The number of carbonyl (C=O) groups is 1. The number of hydrogen-bond donors (Lipinski definition) is 2. The number of benzene rings is 1. The third-order valence-corrected chi connectivity index (χ3v) is 2.76. The highest BCUT2D eigenvalue weighted by molar-refractivity contribution is 5.92. The van der Waals surface area contributed by atoms with Crippen LogP contribution in [0.25, 0.3) is 0 Å². The summed E-state index contributed by atoms with van der Waals surface area (Å²) in [5.41, 5.74) is 2.28. The maximum atomic E-state index is 11.7. The highest BCUT2D eigenvalue weighted by Gasteiger charge is 2.09. The number of hydrogen-bond acceptors (Lipinski definition) is 2. The van der Waals surface area contributed by atoms with Gasteiger partial charge in [-0.3, -0.25) is 4.79 Å². The number of amides is 1. The van der Waals surface area contributed by atoms with Gasteiger partial charge in [0, 0.05) is 5.69 Å². The summed E-state index contributed by atoms with van der Waals surface area (Å²) in [5, 5.41) is 6.08. The van der Waals surface area contributed by atoms with Gasteiger partial charge in [-0.15, -0.1) is 0 Å². The summed E-state index contributed by atoms with van der Waals surface area (Å²) in [6, 6.07) is 7.80. The molecular formula is C15H24N2O. The summed E-state index contributed by atoms with van der Waals surface area (Å²) in [4.78, 5) is 11.7. The van der Waals surface area contributed by atoms with Gasteiger partial charge in [0.1, 0.15) is 0 Å². The predicted octanol–water partition coefficient (Wildman–Crippen LogP) is 2.96. The van der Waals surface area contributed by atoms with E-state index >= 15 is 0 Å². The molecule has 0 aliphatic heterocycles. The third kappa shape index (κ3) is 5.82. The van der Waals surface area contributed by atoms with E-state index in [9.17, 15) is 4.79 Å². The SMILES string of the molecule is Cc1ccccc1NC(=O)CNCCC(C)(C)C. The van der Waals surface area contributed by atoms with E-state index in [1.165, 1.54) is 0 Å². The standard InChI is InChI=1S/C15H24N2O/c1-12-7-5-6-8-13(12)17-14(18)11-16-10-9-15(2,3)4/h5-8,16H,9-11H2,1-4H3,(H,17,18). The molecular weight excluding hydrogens is 224 g/mol. The molecule has 0 aliphatic carbocycles. The molecule has 3 nitrogen and oxygen atoms in total. The maximum Gasteiger partial charge on any atom is 0.238 e. The first-order chi connectivity index (χ1) is 8.38. The van der Waals surface area contributed by atoms with Crippen LogP contribution in [0.2, 0.25) is 0 Å². The van der Waals surface area contributed by atoms with Crippen molar-refractivity contribution < 1.29 is 4.79 Å². The molecule has 1 aromatic rings. The van der Waals surface area contributed by atoms with Gasteiger partial charge in [0.25, 0.3) is 0 Å². The van der Waals surface area contributed by atoms with E-state index in [0.29, 0.717) is 12.0 Å². The minimum absolute atomic E-state index is 0.0122. The van der Waals surface area contributed by atoms with Crippen LogP contribution in [0.4, 0.5) is 5.69 Å². The van der Waals surface area contributed by atoms with Crippen molar-refractivity contribution in [1.29, 1.82) is 0 Å². The lowest BCUT2D eigenvalue weighted by Crippen LogP contribution is -2.30. The Morgan fingerprint density at radius 2 is 1.89 bits per heavy atom. The number of rotatable bonds is 5. The number of anilines is 1. The van der Waals surface area contributed by atoms with Gasteiger partial charge >= 0.3 is 0 Å². The van der Waals surface area contributed by atoms with E-state index in [1.54, 1.807) is 0 Å². The molecule has 1 amide bonds. The Labute approximate surface area is 110 Å². The van der Waals surface area contributed by atoms with Gasteiger partial charge < -0.3 is 10.6 Å². The summed E-state index contributed by atoms with van der Waals surface area (Å²) in [7, 11) is 0. The second-order valence-electron chi connectivity index (χ2n) is 5.85. The van der Waals surface area contributed by atoms with Gasteiger partial charge in [0.2, 0.25) is 5.91 Å². The second kappa shape index (κ2) is 6.55. The van der Waals surface area contributed by atoms with E-state index in [0.717, 1.165) is 24.2 Å². The van der Waals surface area contributed by atoms with E-state index < -0.39 is 0 Å². The zero-order valence-electron chi connectivity index (χ0n) is 11.8. The molecule has 0 unspecified atom stereocenters. The Morgan fingerprint density at radius 1 is 1.22 bits per heavy atom. The molecule has 1 rings (SSSR count). The smallest absolute Gasteiger partial charge is 0.238 e. The minimum Gasteiger partial charge on any atom is -0.325 e. The van der Waals surface area contributed by atoms with Crippen molar-refractivity contribution in [1.82, 2.24) is 5.32 Å². The molecule has 0 saturated heterocycles. The largest absolute Gasteiger partial charge is 0.325 e. The fraction of sp³-hybridized carbons (Fsp3) is 0.533. The molecule has 0 fully saturated rings. The fourth-order valence-electron chi connectivity index (χ4n) is 1.57. The number of nitrogens with one attached hydrogen (secondary N) is 2. The third-order valence-electron chi connectivity index (χ3n) is 2.76. The van der Waals surface area contributed by atoms with Crippen molar-refractivity contribution >= 4 is 11.6 Å².